The van der Waals surface area contributed by atoms with Gasteiger partial charge in [-0.15, -0.1) is 6.58 Å². The van der Waals surface area contributed by atoms with Crippen LogP contribution in [0.1, 0.15) is 39.5 Å². The third-order valence-electron chi connectivity index (χ3n) is 2.04. The maximum absolute atomic E-state index is 11.2. The van der Waals surface area contributed by atoms with Gasteiger partial charge < -0.3 is 4.74 Å². The summed E-state index contributed by atoms with van der Waals surface area (Å²) in [5.74, 6) is -0.198. The third kappa shape index (κ3) is 6.46. The van der Waals surface area contributed by atoms with E-state index in [1.54, 1.807) is 13.0 Å². The van der Waals surface area contributed by atoms with Crippen LogP contribution in [0.2, 0.25) is 0 Å². The number of carbonyl (C=O) groups excluding carboxylic acids is 1. The van der Waals surface area contributed by atoms with E-state index in [0.29, 0.717) is 12.2 Å². The summed E-state index contributed by atoms with van der Waals surface area (Å²) in [6.45, 7) is 7.78. The van der Waals surface area contributed by atoms with Crippen LogP contribution >= 0.6 is 0 Å². The Hall–Kier alpha value is -1.05. The molecule has 0 bridgehead atoms. The molecular formula is C12H20O2. The van der Waals surface area contributed by atoms with Gasteiger partial charge in [0.05, 0.1) is 6.61 Å². The number of carbonyl (C=O) groups is 1. The van der Waals surface area contributed by atoms with Crippen molar-refractivity contribution in [2.75, 3.05) is 6.61 Å². The van der Waals surface area contributed by atoms with Crippen LogP contribution in [0.3, 0.4) is 0 Å². The first-order valence-corrected chi connectivity index (χ1v) is 5.13. The Bertz CT molecular complexity index is 204. The van der Waals surface area contributed by atoms with Crippen LogP contribution in [0.15, 0.2) is 24.3 Å². The van der Waals surface area contributed by atoms with Crippen molar-refractivity contribution in [1.29, 1.82) is 0 Å². The Labute approximate surface area is 86.6 Å². The van der Waals surface area contributed by atoms with Gasteiger partial charge in [-0.2, -0.15) is 0 Å². The fraction of sp³-hybridized carbons (Fsp3) is 0.583. The lowest BCUT2D eigenvalue weighted by Gasteiger charge is -2.03. The first-order chi connectivity index (χ1) is 6.72. The molecule has 80 valence electrons. The average molecular weight is 196 g/mol. The molecule has 0 aliphatic heterocycles. The predicted molar refractivity (Wildman–Crippen MR) is 59.1 cm³/mol. The molecule has 14 heavy (non-hydrogen) atoms. The second-order valence-electron chi connectivity index (χ2n) is 3.25. The van der Waals surface area contributed by atoms with Gasteiger partial charge in [-0.05, 0) is 39.5 Å². The second kappa shape index (κ2) is 8.54. The zero-order chi connectivity index (χ0) is 10.8. The van der Waals surface area contributed by atoms with E-state index in [9.17, 15) is 4.79 Å². The van der Waals surface area contributed by atoms with Gasteiger partial charge in [-0.25, -0.2) is 4.79 Å². The highest BCUT2D eigenvalue weighted by Crippen LogP contribution is 2.02. The SMILES string of the molecule is C=CCCCCCOC(=O)/C(C)=C/C. The highest BCUT2D eigenvalue weighted by atomic mass is 16.5. The molecule has 0 heterocycles. The standard InChI is InChI=1S/C12H20O2/c1-4-6-7-8-9-10-14-12(13)11(3)5-2/h4-5H,1,6-10H2,2-3H3/b11-5+. The van der Waals surface area contributed by atoms with E-state index in [0.717, 1.165) is 25.7 Å². The van der Waals surface area contributed by atoms with E-state index >= 15 is 0 Å². The lowest BCUT2D eigenvalue weighted by Crippen LogP contribution is -2.06. The molecule has 2 heteroatoms. The van der Waals surface area contributed by atoms with Crippen LogP contribution in [0.25, 0.3) is 0 Å². The number of allylic oxidation sites excluding steroid dienone is 2. The zero-order valence-electron chi connectivity index (χ0n) is 9.21. The Morgan fingerprint density at radius 1 is 1.36 bits per heavy atom. The molecule has 0 saturated heterocycles. The lowest BCUT2D eigenvalue weighted by atomic mass is 10.2. The smallest absolute Gasteiger partial charge is 0.333 e. The molecule has 0 aliphatic rings. The maximum Gasteiger partial charge on any atom is 0.333 e. The monoisotopic (exact) mass is 196 g/mol. The number of hydrogen-bond donors (Lipinski definition) is 0. The van der Waals surface area contributed by atoms with E-state index in [2.05, 4.69) is 6.58 Å². The first kappa shape index (κ1) is 12.9. The minimum Gasteiger partial charge on any atom is -0.462 e. The van der Waals surface area contributed by atoms with Gasteiger partial charge in [0.15, 0.2) is 0 Å². The van der Waals surface area contributed by atoms with Gasteiger partial charge in [-0.3, -0.25) is 0 Å². The fourth-order valence-corrected chi connectivity index (χ4v) is 0.964. The summed E-state index contributed by atoms with van der Waals surface area (Å²) in [6, 6.07) is 0. The summed E-state index contributed by atoms with van der Waals surface area (Å²) in [4.78, 5) is 11.2. The van der Waals surface area contributed by atoms with Crippen molar-refractivity contribution < 1.29 is 9.53 Å². The van der Waals surface area contributed by atoms with Crippen molar-refractivity contribution in [3.63, 3.8) is 0 Å². The van der Waals surface area contributed by atoms with Crippen LogP contribution < -0.4 is 0 Å². The fourth-order valence-electron chi connectivity index (χ4n) is 0.964. The van der Waals surface area contributed by atoms with Crippen LogP contribution in [-0.2, 0) is 9.53 Å². The quantitative estimate of drug-likeness (QED) is 0.270. The van der Waals surface area contributed by atoms with Gasteiger partial charge >= 0.3 is 5.97 Å². The topological polar surface area (TPSA) is 26.3 Å². The van der Waals surface area contributed by atoms with Gasteiger partial charge in [0, 0.05) is 5.57 Å². The molecule has 2 nitrogen and oxygen atoms in total. The van der Waals surface area contributed by atoms with E-state index in [-0.39, 0.29) is 5.97 Å². The van der Waals surface area contributed by atoms with Crippen LogP contribution in [0.5, 0.6) is 0 Å². The Morgan fingerprint density at radius 2 is 2.07 bits per heavy atom. The molecule has 0 amide bonds. The number of ether oxygens (including phenoxy) is 1. The predicted octanol–water partition coefficient (Wildman–Crippen LogP) is 3.24. The summed E-state index contributed by atoms with van der Waals surface area (Å²) < 4.78 is 5.04. The highest BCUT2D eigenvalue weighted by Gasteiger charge is 2.02. The molecule has 0 unspecified atom stereocenters. The first-order valence-electron chi connectivity index (χ1n) is 5.13. The molecule has 0 atom stereocenters. The lowest BCUT2D eigenvalue weighted by molar-refractivity contribution is -0.139. The zero-order valence-corrected chi connectivity index (χ0v) is 9.21. The van der Waals surface area contributed by atoms with Gasteiger partial charge in [0.25, 0.3) is 0 Å². The molecule has 0 fully saturated rings. The molecule has 0 spiro atoms. The molecular weight excluding hydrogens is 176 g/mol. The number of esters is 1. The number of unbranched alkanes of at least 4 members (excludes halogenated alkanes) is 3. The molecule has 0 aromatic carbocycles. The third-order valence-corrected chi connectivity index (χ3v) is 2.04. The summed E-state index contributed by atoms with van der Waals surface area (Å²) in [7, 11) is 0. The Balaban J connectivity index is 3.36. The van der Waals surface area contributed by atoms with E-state index in [1.165, 1.54) is 0 Å². The molecule has 0 radical (unpaired) electrons. The van der Waals surface area contributed by atoms with Crippen molar-refractivity contribution in [1.82, 2.24) is 0 Å². The van der Waals surface area contributed by atoms with Crippen LogP contribution in [0.4, 0.5) is 0 Å². The summed E-state index contributed by atoms with van der Waals surface area (Å²) in [6.07, 6.45) is 7.88. The second-order valence-corrected chi connectivity index (χ2v) is 3.25. The van der Waals surface area contributed by atoms with Crippen molar-refractivity contribution in [2.45, 2.75) is 39.5 Å². The Morgan fingerprint density at radius 3 is 2.64 bits per heavy atom. The largest absolute Gasteiger partial charge is 0.462 e. The molecule has 0 rings (SSSR count). The highest BCUT2D eigenvalue weighted by molar-refractivity contribution is 5.87. The van der Waals surface area contributed by atoms with E-state index < -0.39 is 0 Å². The average Bonchev–Trinajstić information content (AvgIpc) is 2.21. The van der Waals surface area contributed by atoms with Crippen LogP contribution in [-0.4, -0.2) is 12.6 Å². The minimum atomic E-state index is -0.198. The Kier molecular flexibility index (Phi) is 7.90. The van der Waals surface area contributed by atoms with Gasteiger partial charge in [0.1, 0.15) is 0 Å². The molecule has 0 aromatic heterocycles. The normalized spacial score (nSPS) is 11.1. The molecule has 0 N–H and O–H groups in total. The van der Waals surface area contributed by atoms with E-state index in [4.69, 9.17) is 4.74 Å². The number of rotatable bonds is 7. The minimum absolute atomic E-state index is 0.198. The summed E-state index contributed by atoms with van der Waals surface area (Å²) >= 11 is 0. The maximum atomic E-state index is 11.2. The molecule has 0 aromatic rings. The molecule has 0 aliphatic carbocycles. The summed E-state index contributed by atoms with van der Waals surface area (Å²) in [5.41, 5.74) is 0.677. The van der Waals surface area contributed by atoms with Crippen molar-refractivity contribution in [3.8, 4) is 0 Å². The van der Waals surface area contributed by atoms with Crippen molar-refractivity contribution in [3.05, 3.63) is 24.3 Å². The van der Waals surface area contributed by atoms with E-state index in [1.807, 2.05) is 13.0 Å². The molecule has 0 saturated carbocycles. The van der Waals surface area contributed by atoms with Crippen molar-refractivity contribution >= 4 is 5.97 Å². The van der Waals surface area contributed by atoms with Gasteiger partial charge in [0.2, 0.25) is 0 Å². The summed E-state index contributed by atoms with van der Waals surface area (Å²) in [5, 5.41) is 0. The van der Waals surface area contributed by atoms with Gasteiger partial charge in [-0.1, -0.05) is 12.2 Å². The van der Waals surface area contributed by atoms with Crippen LogP contribution in [0, 0.1) is 0 Å². The number of hydrogen-bond acceptors (Lipinski definition) is 2. The van der Waals surface area contributed by atoms with Crippen molar-refractivity contribution in [2.24, 2.45) is 0 Å².